The van der Waals surface area contributed by atoms with Crippen LogP contribution < -0.4 is 10.2 Å². The molecule has 1 aromatic carbocycles. The van der Waals surface area contributed by atoms with Gasteiger partial charge in [0.2, 0.25) is 0 Å². The van der Waals surface area contributed by atoms with E-state index in [9.17, 15) is 4.39 Å². The molecule has 0 spiro atoms. The molecule has 0 fully saturated rings. The van der Waals surface area contributed by atoms with Gasteiger partial charge in [-0.3, -0.25) is 0 Å². The van der Waals surface area contributed by atoms with Gasteiger partial charge in [-0.2, -0.15) is 0 Å². The summed E-state index contributed by atoms with van der Waals surface area (Å²) in [7, 11) is 3.86. The first kappa shape index (κ1) is 13.7. The van der Waals surface area contributed by atoms with E-state index in [0.29, 0.717) is 5.56 Å². The second-order valence-corrected chi connectivity index (χ2v) is 4.34. The average molecular weight is 236 g/mol. The van der Waals surface area contributed by atoms with Crippen LogP contribution in [0.15, 0.2) is 24.8 Å². The largest absolute Gasteiger partial charge is 0.371 e. The lowest BCUT2D eigenvalue weighted by atomic mass is 10.0. The number of benzene rings is 1. The normalized spacial score (nSPS) is 12.3. The Morgan fingerprint density at radius 1 is 1.53 bits per heavy atom. The van der Waals surface area contributed by atoms with Crippen molar-refractivity contribution in [2.45, 2.75) is 19.9 Å². The summed E-state index contributed by atoms with van der Waals surface area (Å²) in [5, 5.41) is 3.15. The monoisotopic (exact) mass is 236 g/mol. The van der Waals surface area contributed by atoms with Crippen molar-refractivity contribution in [2.24, 2.45) is 0 Å². The Bertz CT molecular complexity index is 401. The van der Waals surface area contributed by atoms with Crippen LogP contribution in [-0.2, 0) is 0 Å². The minimum Gasteiger partial charge on any atom is -0.371 e. The molecule has 17 heavy (non-hydrogen) atoms. The summed E-state index contributed by atoms with van der Waals surface area (Å²) in [4.78, 5) is 2.07. The Labute approximate surface area is 103 Å². The fraction of sp³-hybridized carbons (Fsp3) is 0.429. The molecule has 0 saturated carbocycles. The standard InChI is InChI=1S/C14H21FN2/c1-6-7-17(5)14-8-10(2)13(15)9-12(14)11(3)16-4/h6,8-9,11,16H,1,7H2,2-5H3. The Hall–Kier alpha value is -1.35. The van der Waals surface area contributed by atoms with Gasteiger partial charge in [-0.05, 0) is 44.2 Å². The lowest BCUT2D eigenvalue weighted by Crippen LogP contribution is -2.22. The van der Waals surface area contributed by atoms with Crippen LogP contribution in [0.2, 0.25) is 0 Å². The maximum atomic E-state index is 13.6. The predicted molar refractivity (Wildman–Crippen MR) is 72.1 cm³/mol. The first-order chi connectivity index (χ1) is 8.01. The fourth-order valence-electron chi connectivity index (χ4n) is 1.81. The summed E-state index contributed by atoms with van der Waals surface area (Å²) in [5.41, 5.74) is 2.69. The van der Waals surface area contributed by atoms with Gasteiger partial charge in [0.25, 0.3) is 0 Å². The molecule has 0 saturated heterocycles. The zero-order valence-electron chi connectivity index (χ0n) is 11.0. The van der Waals surface area contributed by atoms with Crippen molar-refractivity contribution in [3.05, 3.63) is 41.7 Å². The highest BCUT2D eigenvalue weighted by molar-refractivity contribution is 5.57. The number of nitrogens with zero attached hydrogens (tertiary/aromatic N) is 1. The molecule has 0 radical (unpaired) electrons. The van der Waals surface area contributed by atoms with E-state index in [-0.39, 0.29) is 11.9 Å². The Kier molecular flexibility index (Phi) is 4.70. The molecule has 0 aliphatic carbocycles. The molecule has 1 unspecified atom stereocenters. The molecular weight excluding hydrogens is 215 g/mol. The zero-order valence-corrected chi connectivity index (χ0v) is 11.0. The van der Waals surface area contributed by atoms with Crippen molar-refractivity contribution in [3.63, 3.8) is 0 Å². The Morgan fingerprint density at radius 2 is 2.18 bits per heavy atom. The summed E-state index contributed by atoms with van der Waals surface area (Å²) in [6.45, 7) is 8.28. The van der Waals surface area contributed by atoms with Crippen LogP contribution in [0.3, 0.4) is 0 Å². The van der Waals surface area contributed by atoms with Crippen LogP contribution in [0, 0.1) is 12.7 Å². The number of likely N-dealkylation sites (N-methyl/N-ethyl adjacent to an activating group) is 1. The van der Waals surface area contributed by atoms with Crippen LogP contribution in [0.1, 0.15) is 24.1 Å². The molecule has 0 heterocycles. The minimum absolute atomic E-state index is 0.118. The van der Waals surface area contributed by atoms with Crippen molar-refractivity contribution in [1.82, 2.24) is 5.32 Å². The topological polar surface area (TPSA) is 15.3 Å². The molecule has 0 aliphatic heterocycles. The van der Waals surface area contributed by atoms with Crippen molar-refractivity contribution in [2.75, 3.05) is 25.5 Å². The van der Waals surface area contributed by atoms with Crippen molar-refractivity contribution >= 4 is 5.69 Å². The Morgan fingerprint density at radius 3 is 2.71 bits per heavy atom. The van der Waals surface area contributed by atoms with Crippen LogP contribution >= 0.6 is 0 Å². The molecule has 0 aromatic heterocycles. The molecule has 3 heteroatoms. The highest BCUT2D eigenvalue weighted by Crippen LogP contribution is 2.28. The van der Waals surface area contributed by atoms with Gasteiger partial charge >= 0.3 is 0 Å². The third kappa shape index (κ3) is 3.07. The summed E-state index contributed by atoms with van der Waals surface area (Å²) < 4.78 is 13.6. The molecule has 1 N–H and O–H groups in total. The lowest BCUT2D eigenvalue weighted by molar-refractivity contribution is 0.601. The molecule has 0 aliphatic rings. The van der Waals surface area contributed by atoms with Gasteiger partial charge in [-0.25, -0.2) is 4.39 Å². The van der Waals surface area contributed by atoms with Crippen LogP contribution in [0.25, 0.3) is 0 Å². The number of aryl methyl sites for hydroxylation is 1. The van der Waals surface area contributed by atoms with Gasteiger partial charge in [0.1, 0.15) is 5.82 Å². The maximum Gasteiger partial charge on any atom is 0.126 e. The number of rotatable bonds is 5. The Balaban J connectivity index is 3.24. The average Bonchev–Trinajstić information content (AvgIpc) is 2.31. The van der Waals surface area contributed by atoms with Crippen molar-refractivity contribution in [3.8, 4) is 0 Å². The van der Waals surface area contributed by atoms with Gasteiger partial charge < -0.3 is 10.2 Å². The first-order valence-corrected chi connectivity index (χ1v) is 5.80. The van der Waals surface area contributed by atoms with Crippen LogP contribution in [-0.4, -0.2) is 20.6 Å². The van der Waals surface area contributed by atoms with E-state index >= 15 is 0 Å². The molecule has 1 aromatic rings. The van der Waals surface area contributed by atoms with E-state index < -0.39 is 0 Å². The molecule has 2 nitrogen and oxygen atoms in total. The molecule has 1 atom stereocenters. The van der Waals surface area contributed by atoms with E-state index in [4.69, 9.17) is 0 Å². The molecule has 0 amide bonds. The summed E-state index contributed by atoms with van der Waals surface area (Å²) in [6, 6.07) is 3.63. The quantitative estimate of drug-likeness (QED) is 0.790. The van der Waals surface area contributed by atoms with E-state index in [1.165, 1.54) is 0 Å². The van der Waals surface area contributed by atoms with E-state index in [2.05, 4.69) is 16.8 Å². The highest BCUT2D eigenvalue weighted by Gasteiger charge is 2.14. The number of hydrogen-bond donors (Lipinski definition) is 1. The number of hydrogen-bond acceptors (Lipinski definition) is 2. The molecule has 0 bridgehead atoms. The van der Waals surface area contributed by atoms with Crippen molar-refractivity contribution in [1.29, 1.82) is 0 Å². The highest BCUT2D eigenvalue weighted by atomic mass is 19.1. The van der Waals surface area contributed by atoms with Gasteiger partial charge in [0.15, 0.2) is 0 Å². The van der Waals surface area contributed by atoms with Gasteiger partial charge in [0.05, 0.1) is 0 Å². The number of halogens is 1. The third-order valence-corrected chi connectivity index (χ3v) is 3.02. The SMILES string of the molecule is C=CCN(C)c1cc(C)c(F)cc1C(C)NC. The molecule has 94 valence electrons. The second kappa shape index (κ2) is 5.82. The van der Waals surface area contributed by atoms with Gasteiger partial charge in [-0.15, -0.1) is 6.58 Å². The number of nitrogens with one attached hydrogen (secondary N) is 1. The fourth-order valence-corrected chi connectivity index (χ4v) is 1.81. The molecule has 1 rings (SSSR count). The summed E-state index contributed by atoms with van der Waals surface area (Å²) in [5.74, 6) is -0.155. The maximum absolute atomic E-state index is 13.6. The van der Waals surface area contributed by atoms with E-state index in [1.807, 2.05) is 33.2 Å². The summed E-state index contributed by atoms with van der Waals surface area (Å²) >= 11 is 0. The lowest BCUT2D eigenvalue weighted by Gasteiger charge is -2.24. The third-order valence-electron chi connectivity index (χ3n) is 3.02. The van der Waals surface area contributed by atoms with Gasteiger partial charge in [0, 0.05) is 25.3 Å². The van der Waals surface area contributed by atoms with Crippen LogP contribution in [0.5, 0.6) is 0 Å². The van der Waals surface area contributed by atoms with E-state index in [1.54, 1.807) is 13.0 Å². The predicted octanol–water partition coefficient (Wildman–Crippen LogP) is 3.04. The zero-order chi connectivity index (χ0) is 13.0. The van der Waals surface area contributed by atoms with Crippen LogP contribution in [0.4, 0.5) is 10.1 Å². The number of anilines is 1. The first-order valence-electron chi connectivity index (χ1n) is 5.80. The van der Waals surface area contributed by atoms with Crippen molar-refractivity contribution < 1.29 is 4.39 Å². The molecular formula is C14H21FN2. The van der Waals surface area contributed by atoms with Gasteiger partial charge in [-0.1, -0.05) is 6.08 Å². The summed E-state index contributed by atoms with van der Waals surface area (Å²) in [6.07, 6.45) is 1.84. The minimum atomic E-state index is -0.155. The smallest absolute Gasteiger partial charge is 0.126 e. The second-order valence-electron chi connectivity index (χ2n) is 4.34. The van der Waals surface area contributed by atoms with E-state index in [0.717, 1.165) is 17.8 Å².